The number of esters is 1. The van der Waals surface area contributed by atoms with E-state index in [4.69, 9.17) is 5.26 Å². The van der Waals surface area contributed by atoms with Crippen LogP contribution in [0.5, 0.6) is 0 Å². The van der Waals surface area contributed by atoms with Gasteiger partial charge in [-0.05, 0) is 0 Å². The van der Waals surface area contributed by atoms with E-state index >= 15 is 0 Å². The van der Waals surface area contributed by atoms with Crippen LogP contribution in [0.15, 0.2) is 0 Å². The van der Waals surface area contributed by atoms with Crippen LogP contribution in [0.4, 0.5) is 0 Å². The number of hydrogen-bond donors (Lipinski definition) is 0. The summed E-state index contributed by atoms with van der Waals surface area (Å²) in [4.78, 5) is 23.5. The lowest BCUT2D eigenvalue weighted by Crippen LogP contribution is -2.34. The monoisotopic (exact) mass is 276 g/mol. The largest absolute Gasteiger partial charge is 0.469 e. The van der Waals surface area contributed by atoms with Crippen LogP contribution in [0, 0.1) is 11.3 Å². The molecular formula is C10H16N2O5S. The number of nitriles is 1. The van der Waals surface area contributed by atoms with Crippen LogP contribution in [0.2, 0.25) is 0 Å². The summed E-state index contributed by atoms with van der Waals surface area (Å²) in [5.74, 6) is -2.30. The fourth-order valence-electron chi connectivity index (χ4n) is 1.05. The van der Waals surface area contributed by atoms with E-state index in [9.17, 15) is 18.0 Å². The normalized spacial score (nSPS) is 10.5. The van der Waals surface area contributed by atoms with E-state index in [-0.39, 0.29) is 19.4 Å². The van der Waals surface area contributed by atoms with Crippen molar-refractivity contribution in [3.05, 3.63) is 0 Å². The highest BCUT2D eigenvalue weighted by molar-refractivity contribution is 7.92. The van der Waals surface area contributed by atoms with Crippen LogP contribution in [-0.4, -0.2) is 57.4 Å². The van der Waals surface area contributed by atoms with Gasteiger partial charge < -0.3 is 9.64 Å². The van der Waals surface area contributed by atoms with Gasteiger partial charge in [-0.15, -0.1) is 0 Å². The van der Waals surface area contributed by atoms with Gasteiger partial charge in [0.1, 0.15) is 5.75 Å². The van der Waals surface area contributed by atoms with Crippen molar-refractivity contribution in [3.63, 3.8) is 0 Å². The van der Waals surface area contributed by atoms with Gasteiger partial charge in [0, 0.05) is 13.6 Å². The molecule has 0 N–H and O–H groups in total. The Morgan fingerprint density at radius 2 is 2.00 bits per heavy atom. The summed E-state index contributed by atoms with van der Waals surface area (Å²) < 4.78 is 27.4. The van der Waals surface area contributed by atoms with Gasteiger partial charge in [-0.25, -0.2) is 8.42 Å². The lowest BCUT2D eigenvalue weighted by atomic mass is 10.4. The number of sulfone groups is 1. The van der Waals surface area contributed by atoms with E-state index in [1.165, 1.54) is 11.9 Å². The van der Waals surface area contributed by atoms with Crippen LogP contribution >= 0.6 is 0 Å². The molecule has 0 saturated heterocycles. The minimum absolute atomic E-state index is 0.143. The zero-order valence-electron chi connectivity index (χ0n) is 10.4. The first-order valence-electron chi connectivity index (χ1n) is 5.20. The first-order valence-corrected chi connectivity index (χ1v) is 7.02. The second-order valence-corrected chi connectivity index (χ2v) is 5.83. The lowest BCUT2D eigenvalue weighted by Gasteiger charge is -2.15. The highest BCUT2D eigenvalue weighted by Gasteiger charge is 2.20. The lowest BCUT2D eigenvalue weighted by molar-refractivity contribution is -0.140. The second kappa shape index (κ2) is 7.66. The maximum atomic E-state index is 11.5. The molecule has 0 spiro atoms. The molecule has 0 rings (SSSR count). The molecule has 7 nitrogen and oxygen atoms in total. The predicted octanol–water partition coefficient (Wildman–Crippen LogP) is -0.664. The first-order chi connectivity index (χ1) is 8.32. The molecule has 0 fully saturated rings. The Morgan fingerprint density at radius 3 is 2.50 bits per heavy atom. The van der Waals surface area contributed by atoms with Crippen molar-refractivity contribution in [2.45, 2.75) is 12.8 Å². The molecule has 0 aromatic heterocycles. The summed E-state index contributed by atoms with van der Waals surface area (Å²) in [5, 5.41) is 8.34. The summed E-state index contributed by atoms with van der Waals surface area (Å²) in [6.07, 6.45) is -0.127. The first kappa shape index (κ1) is 16.4. The highest BCUT2D eigenvalue weighted by atomic mass is 32.2. The van der Waals surface area contributed by atoms with E-state index in [0.29, 0.717) is 0 Å². The van der Waals surface area contributed by atoms with Crippen molar-refractivity contribution in [3.8, 4) is 6.07 Å². The molecular weight excluding hydrogens is 260 g/mol. The molecule has 18 heavy (non-hydrogen) atoms. The third-order valence-corrected chi connectivity index (χ3v) is 3.69. The van der Waals surface area contributed by atoms with Gasteiger partial charge in [0.25, 0.3) is 0 Å². The van der Waals surface area contributed by atoms with Crippen LogP contribution in [0.25, 0.3) is 0 Å². The molecule has 1 amide bonds. The predicted molar refractivity (Wildman–Crippen MR) is 63.2 cm³/mol. The molecule has 0 aliphatic carbocycles. The van der Waals surface area contributed by atoms with Crippen LogP contribution < -0.4 is 0 Å². The summed E-state index contributed by atoms with van der Waals surface area (Å²) in [5.41, 5.74) is 0. The Kier molecular flexibility index (Phi) is 6.97. The fourth-order valence-corrected chi connectivity index (χ4v) is 2.27. The molecule has 0 aliphatic rings. The minimum Gasteiger partial charge on any atom is -0.469 e. The highest BCUT2D eigenvalue weighted by Crippen LogP contribution is 1.99. The fraction of sp³-hybridized carbons (Fsp3) is 0.700. The molecule has 0 aromatic carbocycles. The number of ether oxygens (including phenoxy) is 1. The molecule has 102 valence electrons. The molecule has 0 bridgehead atoms. The van der Waals surface area contributed by atoms with Crippen LogP contribution in [0.3, 0.4) is 0 Å². The SMILES string of the molecule is COC(=O)CCS(=O)(=O)CC(=O)N(C)CCC#N. The average Bonchev–Trinajstić information content (AvgIpc) is 2.32. The van der Waals surface area contributed by atoms with E-state index in [0.717, 1.165) is 7.11 Å². The molecule has 0 saturated carbocycles. The van der Waals surface area contributed by atoms with E-state index in [2.05, 4.69) is 4.74 Å². The summed E-state index contributed by atoms with van der Waals surface area (Å²) in [6.45, 7) is 0.182. The number of nitrogens with zero attached hydrogens (tertiary/aromatic N) is 2. The topological polar surface area (TPSA) is 105 Å². The Hall–Kier alpha value is -1.62. The van der Waals surface area contributed by atoms with Gasteiger partial charge in [0.2, 0.25) is 5.91 Å². The standard InChI is InChI=1S/C10H16N2O5S/c1-12(6-3-5-11)9(13)8-18(15,16)7-4-10(14)17-2/h3-4,6-8H2,1-2H3. The zero-order valence-corrected chi connectivity index (χ0v) is 11.2. The van der Waals surface area contributed by atoms with Crippen LogP contribution in [-0.2, 0) is 24.2 Å². The average molecular weight is 276 g/mol. The van der Waals surface area contributed by atoms with Crippen molar-refractivity contribution >= 4 is 21.7 Å². The Labute approximate surface area is 106 Å². The maximum Gasteiger partial charge on any atom is 0.306 e. The van der Waals surface area contributed by atoms with Gasteiger partial charge in [-0.3, -0.25) is 9.59 Å². The van der Waals surface area contributed by atoms with Gasteiger partial charge in [0.05, 0.1) is 31.8 Å². The van der Waals surface area contributed by atoms with Crippen molar-refractivity contribution in [2.75, 3.05) is 32.2 Å². The van der Waals surface area contributed by atoms with Crippen molar-refractivity contribution in [1.82, 2.24) is 4.90 Å². The molecule has 8 heteroatoms. The summed E-state index contributed by atoms with van der Waals surface area (Å²) in [7, 11) is -1.04. The Balaban J connectivity index is 4.28. The van der Waals surface area contributed by atoms with E-state index in [1.807, 2.05) is 6.07 Å². The number of amides is 1. The Morgan fingerprint density at radius 1 is 1.39 bits per heavy atom. The maximum absolute atomic E-state index is 11.5. The molecule has 0 aliphatic heterocycles. The van der Waals surface area contributed by atoms with Crippen LogP contribution in [0.1, 0.15) is 12.8 Å². The number of methoxy groups -OCH3 is 1. The smallest absolute Gasteiger partial charge is 0.306 e. The summed E-state index contributed by atoms with van der Waals surface area (Å²) in [6, 6.07) is 1.86. The van der Waals surface area contributed by atoms with E-state index < -0.39 is 33.2 Å². The molecule has 0 heterocycles. The third kappa shape index (κ3) is 6.85. The molecule has 0 radical (unpaired) electrons. The van der Waals surface area contributed by atoms with Crippen molar-refractivity contribution in [2.24, 2.45) is 0 Å². The molecule has 0 atom stereocenters. The Bertz CT molecular complexity index is 438. The number of carbonyl (C=O) groups is 2. The van der Waals surface area contributed by atoms with Gasteiger partial charge in [0.15, 0.2) is 9.84 Å². The second-order valence-electron chi connectivity index (χ2n) is 3.64. The van der Waals surface area contributed by atoms with Gasteiger partial charge in [-0.2, -0.15) is 5.26 Å². The summed E-state index contributed by atoms with van der Waals surface area (Å²) >= 11 is 0. The van der Waals surface area contributed by atoms with Crippen molar-refractivity contribution in [1.29, 1.82) is 5.26 Å². The molecule has 0 aromatic rings. The zero-order chi connectivity index (χ0) is 14.2. The number of carbonyl (C=O) groups excluding carboxylic acids is 2. The van der Waals surface area contributed by atoms with Gasteiger partial charge >= 0.3 is 5.97 Å². The number of rotatable bonds is 7. The molecule has 0 unspecified atom stereocenters. The number of hydrogen-bond acceptors (Lipinski definition) is 6. The minimum atomic E-state index is -3.63. The third-order valence-electron chi connectivity index (χ3n) is 2.17. The van der Waals surface area contributed by atoms with E-state index in [1.54, 1.807) is 0 Å². The quantitative estimate of drug-likeness (QED) is 0.571. The van der Waals surface area contributed by atoms with Gasteiger partial charge in [-0.1, -0.05) is 0 Å². The van der Waals surface area contributed by atoms with Crippen molar-refractivity contribution < 1.29 is 22.7 Å².